The molecule has 0 bridgehead atoms. The van der Waals surface area contributed by atoms with Crippen LogP contribution in [0.3, 0.4) is 0 Å². The molecule has 9 heteroatoms. The number of hydrogen-bond acceptors (Lipinski definition) is 5. The Morgan fingerprint density at radius 1 is 1.13 bits per heavy atom. The van der Waals surface area contributed by atoms with Crippen molar-refractivity contribution >= 4 is 34.2 Å². The van der Waals surface area contributed by atoms with E-state index in [1.54, 1.807) is 18.2 Å². The van der Waals surface area contributed by atoms with Gasteiger partial charge in [0, 0.05) is 11.5 Å². The van der Waals surface area contributed by atoms with Gasteiger partial charge in [-0.15, -0.1) is 0 Å². The zero-order valence-corrected chi connectivity index (χ0v) is 17.5. The summed E-state index contributed by atoms with van der Waals surface area (Å²) in [4.78, 5) is 39.6. The van der Waals surface area contributed by atoms with Crippen LogP contribution in [-0.2, 0) is 26.9 Å². The fourth-order valence-corrected chi connectivity index (χ4v) is 4.94. The Labute approximate surface area is 181 Å². The highest BCUT2D eigenvalue weighted by Gasteiger charge is 2.30. The van der Waals surface area contributed by atoms with Gasteiger partial charge in [0.25, 0.3) is 5.91 Å². The van der Waals surface area contributed by atoms with Gasteiger partial charge in [0.2, 0.25) is 11.8 Å². The highest BCUT2D eigenvalue weighted by molar-refractivity contribution is 7.86. The van der Waals surface area contributed by atoms with Crippen molar-refractivity contribution in [2.24, 2.45) is 5.92 Å². The number of halogens is 1. The average Bonchev–Trinajstić information content (AvgIpc) is 2.78. The van der Waals surface area contributed by atoms with Crippen LogP contribution >= 0.6 is 0 Å². The molecule has 2 aromatic rings. The van der Waals surface area contributed by atoms with Crippen molar-refractivity contribution in [2.45, 2.75) is 24.3 Å². The zero-order chi connectivity index (χ0) is 22.0. The number of hydrogen-bond donors (Lipinski definition) is 2. The summed E-state index contributed by atoms with van der Waals surface area (Å²) in [5.41, 5.74) is 1.27. The summed E-state index contributed by atoms with van der Waals surface area (Å²) in [6, 6.07) is 10.3. The molecule has 2 N–H and O–H groups in total. The van der Waals surface area contributed by atoms with E-state index < -0.39 is 16.7 Å². The van der Waals surface area contributed by atoms with Gasteiger partial charge in [-0.05, 0) is 61.8 Å². The first-order chi connectivity index (χ1) is 14.9. The van der Waals surface area contributed by atoms with Gasteiger partial charge in [-0.25, -0.2) is 4.39 Å². The van der Waals surface area contributed by atoms with E-state index in [1.807, 2.05) is 0 Å². The Hall–Kier alpha value is -2.91. The highest BCUT2D eigenvalue weighted by atomic mass is 32.2. The number of piperidine rings is 1. The van der Waals surface area contributed by atoms with E-state index in [2.05, 4.69) is 10.6 Å². The first kappa shape index (κ1) is 21.3. The number of nitrogens with zero attached hydrogens (tertiary/aromatic N) is 1. The molecular formula is C22H22FN3O4S. The molecule has 2 aromatic carbocycles. The van der Waals surface area contributed by atoms with Gasteiger partial charge >= 0.3 is 0 Å². The number of carbonyl (C=O) groups is 3. The molecule has 3 amide bonds. The molecule has 31 heavy (non-hydrogen) atoms. The fraction of sp³-hybridized carbons (Fsp3) is 0.318. The average molecular weight is 444 g/mol. The number of amides is 3. The van der Waals surface area contributed by atoms with Gasteiger partial charge in [-0.1, -0.05) is 12.1 Å². The van der Waals surface area contributed by atoms with Crippen molar-refractivity contribution in [1.29, 1.82) is 0 Å². The summed E-state index contributed by atoms with van der Waals surface area (Å²) in [6.07, 6.45) is 1.34. The number of rotatable bonds is 4. The van der Waals surface area contributed by atoms with Crippen LogP contribution in [0.2, 0.25) is 0 Å². The third kappa shape index (κ3) is 4.72. The minimum atomic E-state index is -1.52. The van der Waals surface area contributed by atoms with Crippen molar-refractivity contribution < 1.29 is 23.0 Å². The lowest BCUT2D eigenvalue weighted by molar-refractivity contribution is -0.124. The summed E-state index contributed by atoms with van der Waals surface area (Å²) in [7, 11) is -1.52. The standard InChI is InChI=1S/C22H22FN3O4S/c23-17-4-1-14(2-5-17)12-26-18-11-16(3-6-19(18)31(30)13-20(26)27)22(29)25-21(28)15-7-9-24-10-8-15/h1-6,11,15,24H,7-10,12-13H2,(H,25,28,29). The van der Waals surface area contributed by atoms with Gasteiger partial charge in [-0.2, -0.15) is 0 Å². The van der Waals surface area contributed by atoms with Crippen LogP contribution in [0.1, 0.15) is 28.8 Å². The topological polar surface area (TPSA) is 95.6 Å². The van der Waals surface area contributed by atoms with Crippen LogP contribution in [0.25, 0.3) is 0 Å². The summed E-state index contributed by atoms with van der Waals surface area (Å²) in [5, 5.41) is 5.61. The number of fused-ring (bicyclic) bond motifs is 1. The summed E-state index contributed by atoms with van der Waals surface area (Å²) >= 11 is 0. The molecule has 2 heterocycles. The van der Waals surface area contributed by atoms with E-state index in [0.717, 1.165) is 13.1 Å². The van der Waals surface area contributed by atoms with Crippen LogP contribution in [0, 0.1) is 11.7 Å². The van der Waals surface area contributed by atoms with Crippen LogP contribution < -0.4 is 15.5 Å². The van der Waals surface area contributed by atoms with Crippen molar-refractivity contribution in [3.05, 3.63) is 59.4 Å². The molecule has 162 valence electrons. The third-order valence-electron chi connectivity index (χ3n) is 5.51. The Morgan fingerprint density at radius 3 is 2.55 bits per heavy atom. The lowest BCUT2D eigenvalue weighted by atomic mass is 9.97. The Balaban J connectivity index is 1.58. The Kier molecular flexibility index (Phi) is 6.24. The van der Waals surface area contributed by atoms with E-state index in [1.165, 1.54) is 29.2 Å². The lowest BCUT2D eigenvalue weighted by Gasteiger charge is -2.29. The zero-order valence-electron chi connectivity index (χ0n) is 16.7. The Bertz CT molecular complexity index is 1050. The molecule has 2 aliphatic rings. The molecule has 1 fully saturated rings. The molecule has 1 unspecified atom stereocenters. The molecule has 4 rings (SSSR count). The molecule has 0 aliphatic carbocycles. The van der Waals surface area contributed by atoms with Crippen molar-refractivity contribution in [1.82, 2.24) is 10.6 Å². The molecule has 0 saturated carbocycles. The number of anilines is 1. The van der Waals surface area contributed by atoms with E-state index >= 15 is 0 Å². The molecule has 7 nitrogen and oxygen atoms in total. The minimum Gasteiger partial charge on any atom is -0.317 e. The number of imide groups is 1. The SMILES string of the molecule is O=C(NC(=O)C1CCNCC1)c1ccc2c(c1)N(Cc1ccc(F)cc1)C(=O)CS2=O. The summed E-state index contributed by atoms with van der Waals surface area (Å²) in [5.74, 6) is -1.98. The molecule has 1 atom stereocenters. The van der Waals surface area contributed by atoms with Crippen molar-refractivity contribution in [3.8, 4) is 0 Å². The monoisotopic (exact) mass is 443 g/mol. The van der Waals surface area contributed by atoms with Gasteiger partial charge in [-0.3, -0.25) is 23.9 Å². The highest BCUT2D eigenvalue weighted by Crippen LogP contribution is 2.31. The van der Waals surface area contributed by atoms with Crippen LogP contribution in [0.4, 0.5) is 10.1 Å². The maximum Gasteiger partial charge on any atom is 0.257 e. The maximum absolute atomic E-state index is 13.2. The molecule has 1 saturated heterocycles. The molecule has 0 spiro atoms. The molecule has 0 aromatic heterocycles. The number of nitrogens with one attached hydrogen (secondary N) is 2. The predicted molar refractivity (Wildman–Crippen MR) is 113 cm³/mol. The fourth-order valence-electron chi connectivity index (χ4n) is 3.78. The molecule has 2 aliphatic heterocycles. The maximum atomic E-state index is 13.2. The normalized spacial score (nSPS) is 19.1. The van der Waals surface area contributed by atoms with Crippen molar-refractivity contribution in [3.63, 3.8) is 0 Å². The van der Waals surface area contributed by atoms with Crippen LogP contribution in [-0.4, -0.2) is 40.8 Å². The third-order valence-corrected chi connectivity index (χ3v) is 6.86. The minimum absolute atomic E-state index is 0.155. The van der Waals surface area contributed by atoms with E-state index in [-0.39, 0.29) is 41.4 Å². The van der Waals surface area contributed by atoms with E-state index in [4.69, 9.17) is 0 Å². The Morgan fingerprint density at radius 2 is 1.84 bits per heavy atom. The van der Waals surface area contributed by atoms with Gasteiger partial charge < -0.3 is 10.2 Å². The molecular weight excluding hydrogens is 421 g/mol. The first-order valence-corrected chi connectivity index (χ1v) is 11.4. The smallest absolute Gasteiger partial charge is 0.257 e. The van der Waals surface area contributed by atoms with E-state index in [9.17, 15) is 23.0 Å². The first-order valence-electron chi connectivity index (χ1n) is 10.1. The second-order valence-corrected chi connectivity index (χ2v) is 9.04. The quantitative estimate of drug-likeness (QED) is 0.702. The molecule has 0 radical (unpaired) electrons. The second-order valence-electron chi connectivity index (χ2n) is 7.62. The number of benzene rings is 2. The van der Waals surface area contributed by atoms with Crippen LogP contribution in [0.15, 0.2) is 47.4 Å². The van der Waals surface area contributed by atoms with Crippen molar-refractivity contribution in [2.75, 3.05) is 23.7 Å². The van der Waals surface area contributed by atoms with Gasteiger partial charge in [0.1, 0.15) is 11.6 Å². The van der Waals surface area contributed by atoms with Gasteiger partial charge in [0.05, 0.1) is 27.9 Å². The summed E-state index contributed by atoms with van der Waals surface area (Å²) < 4.78 is 25.7. The second kappa shape index (κ2) is 9.07. The van der Waals surface area contributed by atoms with Gasteiger partial charge in [0.15, 0.2) is 0 Å². The summed E-state index contributed by atoms with van der Waals surface area (Å²) in [6.45, 7) is 1.62. The number of carbonyl (C=O) groups excluding carboxylic acids is 3. The predicted octanol–water partition coefficient (Wildman–Crippen LogP) is 1.74. The van der Waals surface area contributed by atoms with Crippen LogP contribution in [0.5, 0.6) is 0 Å². The van der Waals surface area contributed by atoms with E-state index in [0.29, 0.717) is 29.0 Å². The largest absolute Gasteiger partial charge is 0.317 e. The lowest BCUT2D eigenvalue weighted by Crippen LogP contribution is -2.41.